The lowest BCUT2D eigenvalue weighted by molar-refractivity contribution is -0.120. The zero-order valence-corrected chi connectivity index (χ0v) is 18.5. The van der Waals surface area contributed by atoms with Crippen LogP contribution in [0.3, 0.4) is 0 Å². The van der Waals surface area contributed by atoms with Gasteiger partial charge in [-0.05, 0) is 67.4 Å². The fourth-order valence-corrected chi connectivity index (χ4v) is 3.61. The van der Waals surface area contributed by atoms with Crippen molar-refractivity contribution in [3.8, 4) is 0 Å². The number of carbonyl (C=O) groups excluding carboxylic acids is 3. The van der Waals surface area contributed by atoms with Gasteiger partial charge >= 0.3 is 0 Å². The van der Waals surface area contributed by atoms with Crippen molar-refractivity contribution in [1.82, 2.24) is 0 Å². The van der Waals surface area contributed by atoms with Crippen LogP contribution < -0.4 is 15.5 Å². The van der Waals surface area contributed by atoms with Crippen LogP contribution in [0.5, 0.6) is 0 Å². The fourth-order valence-electron chi connectivity index (χ4n) is 3.40. The summed E-state index contributed by atoms with van der Waals surface area (Å²) >= 11 is 6.20. The molecule has 0 spiro atoms. The number of imide groups is 1. The lowest BCUT2D eigenvalue weighted by Gasteiger charge is -2.18. The molecule has 0 saturated heterocycles. The van der Waals surface area contributed by atoms with Crippen LogP contribution in [-0.2, 0) is 9.59 Å². The second-order valence-corrected chi connectivity index (χ2v) is 7.94. The first-order valence-electron chi connectivity index (χ1n) is 10.0. The van der Waals surface area contributed by atoms with E-state index in [9.17, 15) is 18.8 Å². The highest BCUT2D eigenvalue weighted by atomic mass is 35.5. The van der Waals surface area contributed by atoms with Gasteiger partial charge in [0.2, 0.25) is 0 Å². The lowest BCUT2D eigenvalue weighted by atomic mass is 10.1. The van der Waals surface area contributed by atoms with Gasteiger partial charge in [0.1, 0.15) is 16.5 Å². The lowest BCUT2D eigenvalue weighted by Crippen LogP contribution is -2.32. The van der Waals surface area contributed by atoms with Crippen molar-refractivity contribution in [3.05, 3.63) is 100.0 Å². The summed E-state index contributed by atoms with van der Waals surface area (Å²) in [6, 6.07) is 17.5. The summed E-state index contributed by atoms with van der Waals surface area (Å²) in [6.07, 6.45) is 0. The van der Waals surface area contributed by atoms with Crippen molar-refractivity contribution in [3.63, 3.8) is 0 Å². The van der Waals surface area contributed by atoms with E-state index in [0.29, 0.717) is 11.4 Å². The third-order valence-corrected chi connectivity index (χ3v) is 5.52. The van der Waals surface area contributed by atoms with Crippen molar-refractivity contribution in [2.24, 2.45) is 0 Å². The zero-order valence-electron chi connectivity index (χ0n) is 17.8. The second-order valence-electron chi connectivity index (χ2n) is 7.56. The Morgan fingerprint density at radius 2 is 1.64 bits per heavy atom. The molecule has 0 aromatic heterocycles. The molecular weight excluding hydrogens is 445 g/mol. The molecule has 0 aliphatic carbocycles. The average Bonchev–Trinajstić information content (AvgIpc) is 3.00. The molecule has 4 rings (SSSR count). The monoisotopic (exact) mass is 463 g/mol. The molecule has 3 aromatic rings. The Balaban J connectivity index is 1.51. The van der Waals surface area contributed by atoms with E-state index >= 15 is 0 Å². The highest BCUT2D eigenvalue weighted by molar-refractivity contribution is 6.53. The quantitative estimate of drug-likeness (QED) is 0.514. The highest BCUT2D eigenvalue weighted by Gasteiger charge is 2.39. The molecule has 2 N–H and O–H groups in total. The Morgan fingerprint density at radius 3 is 2.33 bits per heavy atom. The summed E-state index contributed by atoms with van der Waals surface area (Å²) < 4.78 is 13.8. The largest absolute Gasteiger partial charge is 0.350 e. The van der Waals surface area contributed by atoms with Crippen molar-refractivity contribution in [1.29, 1.82) is 0 Å². The van der Waals surface area contributed by atoms with Crippen molar-refractivity contribution in [2.45, 2.75) is 13.8 Å². The van der Waals surface area contributed by atoms with Gasteiger partial charge in [-0.15, -0.1) is 0 Å². The molecule has 0 fully saturated rings. The van der Waals surface area contributed by atoms with Crippen LogP contribution in [0.25, 0.3) is 0 Å². The number of amides is 3. The van der Waals surface area contributed by atoms with Gasteiger partial charge in [0.25, 0.3) is 17.7 Å². The molecule has 3 aromatic carbocycles. The van der Waals surface area contributed by atoms with Gasteiger partial charge in [-0.2, -0.15) is 0 Å². The first kappa shape index (κ1) is 22.2. The van der Waals surface area contributed by atoms with Gasteiger partial charge in [-0.25, -0.2) is 9.29 Å². The molecule has 0 radical (unpaired) electrons. The SMILES string of the molecule is Cc1ccc(C)c(N2C(=O)C(Cl)=C(Nc3ccc(C(=O)Nc4ccccc4F)cc3)C2=O)c1. The average molecular weight is 464 g/mol. The molecule has 0 unspecified atom stereocenters. The predicted molar refractivity (Wildman–Crippen MR) is 126 cm³/mol. The number of anilines is 3. The van der Waals surface area contributed by atoms with Crippen LogP contribution in [0.4, 0.5) is 21.5 Å². The number of rotatable bonds is 5. The van der Waals surface area contributed by atoms with Crippen LogP contribution in [0, 0.1) is 19.7 Å². The fraction of sp³-hybridized carbons (Fsp3) is 0.0800. The first-order valence-corrected chi connectivity index (χ1v) is 10.4. The number of halogens is 2. The van der Waals surface area contributed by atoms with E-state index in [4.69, 9.17) is 11.6 Å². The summed E-state index contributed by atoms with van der Waals surface area (Å²) in [5.74, 6) is -2.21. The minimum absolute atomic E-state index is 0.0499. The van der Waals surface area contributed by atoms with E-state index in [1.165, 1.54) is 30.3 Å². The molecule has 1 heterocycles. The van der Waals surface area contributed by atoms with Crippen LogP contribution in [-0.4, -0.2) is 17.7 Å². The molecule has 0 bridgehead atoms. The van der Waals surface area contributed by atoms with Gasteiger partial charge in [0, 0.05) is 11.3 Å². The molecule has 1 aliphatic rings. The molecule has 3 amide bonds. The van der Waals surface area contributed by atoms with Gasteiger partial charge in [-0.1, -0.05) is 35.9 Å². The maximum Gasteiger partial charge on any atom is 0.283 e. The number of aryl methyl sites for hydroxylation is 2. The number of benzene rings is 3. The Hall–Kier alpha value is -3.97. The van der Waals surface area contributed by atoms with Crippen molar-refractivity contribution < 1.29 is 18.8 Å². The standard InChI is InChI=1S/C25H19ClFN3O3/c1-14-7-8-15(2)20(13-14)30-24(32)21(26)22(25(30)33)28-17-11-9-16(10-12-17)23(31)29-19-6-4-3-5-18(19)27/h3-13,28H,1-2H3,(H,29,31). The third-order valence-electron chi connectivity index (χ3n) is 5.17. The Morgan fingerprint density at radius 1 is 0.939 bits per heavy atom. The van der Waals surface area contributed by atoms with E-state index in [0.717, 1.165) is 16.0 Å². The van der Waals surface area contributed by atoms with E-state index in [1.54, 1.807) is 31.2 Å². The molecular formula is C25H19ClFN3O3. The first-order chi connectivity index (χ1) is 15.8. The van der Waals surface area contributed by atoms with Crippen molar-refractivity contribution in [2.75, 3.05) is 15.5 Å². The smallest absolute Gasteiger partial charge is 0.283 e. The van der Waals surface area contributed by atoms with Gasteiger partial charge in [-0.3, -0.25) is 14.4 Å². The van der Waals surface area contributed by atoms with E-state index in [1.807, 2.05) is 19.1 Å². The molecule has 8 heteroatoms. The number of carbonyl (C=O) groups is 3. The molecule has 166 valence electrons. The third kappa shape index (κ3) is 4.36. The van der Waals surface area contributed by atoms with Gasteiger partial charge in [0.05, 0.1) is 11.4 Å². The summed E-state index contributed by atoms with van der Waals surface area (Å²) in [6.45, 7) is 3.67. The molecule has 1 aliphatic heterocycles. The minimum atomic E-state index is -0.612. The Bertz CT molecular complexity index is 1320. The van der Waals surface area contributed by atoms with Gasteiger partial charge < -0.3 is 10.6 Å². The molecule has 0 saturated carbocycles. The van der Waals surface area contributed by atoms with Gasteiger partial charge in [0.15, 0.2) is 0 Å². The van der Waals surface area contributed by atoms with E-state index < -0.39 is 23.5 Å². The maximum atomic E-state index is 13.8. The Kier molecular flexibility index (Phi) is 5.98. The predicted octanol–water partition coefficient (Wildman–Crippen LogP) is 5.13. The van der Waals surface area contributed by atoms with Crippen LogP contribution in [0.2, 0.25) is 0 Å². The summed E-state index contributed by atoms with van der Waals surface area (Å²) in [4.78, 5) is 39.2. The van der Waals surface area contributed by atoms with E-state index in [2.05, 4.69) is 10.6 Å². The van der Waals surface area contributed by atoms with Crippen LogP contribution >= 0.6 is 11.6 Å². The molecule has 6 nitrogen and oxygen atoms in total. The minimum Gasteiger partial charge on any atom is -0.350 e. The highest BCUT2D eigenvalue weighted by Crippen LogP contribution is 2.32. The molecule has 33 heavy (non-hydrogen) atoms. The molecule has 0 atom stereocenters. The number of para-hydroxylation sites is 1. The maximum absolute atomic E-state index is 13.8. The summed E-state index contributed by atoms with van der Waals surface area (Å²) in [7, 11) is 0. The Labute approximate surface area is 194 Å². The topological polar surface area (TPSA) is 78.5 Å². The van der Waals surface area contributed by atoms with Crippen LogP contribution in [0.1, 0.15) is 21.5 Å². The number of hydrogen-bond acceptors (Lipinski definition) is 4. The zero-order chi connectivity index (χ0) is 23.7. The number of nitrogens with zero attached hydrogens (tertiary/aromatic N) is 1. The van der Waals surface area contributed by atoms with Crippen molar-refractivity contribution >= 4 is 46.4 Å². The van der Waals surface area contributed by atoms with E-state index in [-0.39, 0.29) is 22.0 Å². The summed E-state index contributed by atoms with van der Waals surface area (Å²) in [5, 5.41) is 5.16. The second kappa shape index (κ2) is 8.88. The normalized spacial score (nSPS) is 13.5. The van der Waals surface area contributed by atoms with Crippen LogP contribution in [0.15, 0.2) is 77.5 Å². The number of hydrogen-bond donors (Lipinski definition) is 2. The number of nitrogens with one attached hydrogen (secondary N) is 2. The summed E-state index contributed by atoms with van der Waals surface area (Å²) in [5.41, 5.74) is 2.90.